The van der Waals surface area contributed by atoms with Crippen LogP contribution in [0, 0.1) is 5.92 Å². The number of nitrogens with zero attached hydrogens (tertiary/aromatic N) is 5. The first-order valence-corrected chi connectivity index (χ1v) is 8.64. The number of nitrogens with one attached hydrogen (secondary N) is 1. The summed E-state index contributed by atoms with van der Waals surface area (Å²) in [6.45, 7) is 9.33. The third-order valence-electron chi connectivity index (χ3n) is 4.13. The Morgan fingerprint density at radius 3 is 2.72 bits per heavy atom. The van der Waals surface area contributed by atoms with Crippen molar-refractivity contribution in [2.24, 2.45) is 5.92 Å². The fourth-order valence-electron chi connectivity index (χ4n) is 2.83. The molecule has 132 valence electrons. The van der Waals surface area contributed by atoms with E-state index in [1.807, 2.05) is 29.1 Å². The molecule has 3 aromatic heterocycles. The number of hydrogen-bond acceptors (Lipinski definition) is 4. The van der Waals surface area contributed by atoms with Gasteiger partial charge in [0.25, 0.3) is 5.91 Å². The Balaban J connectivity index is 1.86. The van der Waals surface area contributed by atoms with Crippen LogP contribution in [0.2, 0.25) is 0 Å². The number of aromatic nitrogens is 5. The first kappa shape index (κ1) is 17.1. The molecule has 1 N–H and O–H groups in total. The lowest BCUT2D eigenvalue weighted by atomic mass is 10.0. The van der Waals surface area contributed by atoms with Gasteiger partial charge in [-0.25, -0.2) is 0 Å². The highest BCUT2D eigenvalue weighted by Crippen LogP contribution is 2.21. The van der Waals surface area contributed by atoms with Crippen molar-refractivity contribution in [3.05, 3.63) is 41.9 Å². The van der Waals surface area contributed by atoms with E-state index in [9.17, 15) is 4.79 Å². The van der Waals surface area contributed by atoms with Gasteiger partial charge in [0.2, 0.25) is 5.95 Å². The van der Waals surface area contributed by atoms with E-state index in [2.05, 4.69) is 48.3 Å². The van der Waals surface area contributed by atoms with Crippen molar-refractivity contribution in [2.75, 3.05) is 5.32 Å². The van der Waals surface area contributed by atoms with E-state index in [4.69, 9.17) is 0 Å². The zero-order valence-electron chi connectivity index (χ0n) is 15.1. The third kappa shape index (κ3) is 3.55. The first-order chi connectivity index (χ1) is 12.0. The molecule has 7 nitrogen and oxygen atoms in total. The van der Waals surface area contributed by atoms with E-state index >= 15 is 0 Å². The Hall–Kier alpha value is -2.70. The molecular formula is C18H24N6O. The van der Waals surface area contributed by atoms with Crippen molar-refractivity contribution in [1.29, 1.82) is 0 Å². The molecule has 3 aromatic rings. The predicted octanol–water partition coefficient (Wildman–Crippen LogP) is 3.35. The van der Waals surface area contributed by atoms with Gasteiger partial charge in [0, 0.05) is 12.7 Å². The maximum atomic E-state index is 12.8. The van der Waals surface area contributed by atoms with Gasteiger partial charge < -0.3 is 0 Å². The van der Waals surface area contributed by atoms with Crippen LogP contribution in [0.1, 0.15) is 56.1 Å². The van der Waals surface area contributed by atoms with Crippen molar-refractivity contribution in [3.8, 4) is 0 Å². The minimum Gasteiger partial charge on any atom is -0.290 e. The number of anilines is 1. The lowest BCUT2D eigenvalue weighted by Gasteiger charge is -2.13. The van der Waals surface area contributed by atoms with E-state index in [1.54, 1.807) is 10.6 Å². The molecule has 0 unspecified atom stereocenters. The number of carbonyl (C=O) groups excluding carboxylic acids is 1. The van der Waals surface area contributed by atoms with Gasteiger partial charge in [-0.05, 0) is 30.4 Å². The standard InChI is InChI=1S/C18H24N6O/c1-12(2)8-10-24-16(13(3)4)14(11-19-24)17(25)20-18-22-21-15-7-5-6-9-23(15)18/h5-7,9,11-13H,8,10H2,1-4H3,(H,20,22,25). The van der Waals surface area contributed by atoms with Crippen LogP contribution in [0.4, 0.5) is 5.95 Å². The molecule has 0 saturated heterocycles. The second-order valence-electron chi connectivity index (χ2n) is 6.91. The highest BCUT2D eigenvalue weighted by atomic mass is 16.1. The van der Waals surface area contributed by atoms with Crippen LogP contribution in [0.15, 0.2) is 30.6 Å². The molecule has 0 fully saturated rings. The van der Waals surface area contributed by atoms with E-state index in [0.717, 1.165) is 18.7 Å². The summed E-state index contributed by atoms with van der Waals surface area (Å²) < 4.78 is 3.69. The van der Waals surface area contributed by atoms with Gasteiger partial charge in [0.1, 0.15) is 0 Å². The molecular weight excluding hydrogens is 316 g/mol. The third-order valence-corrected chi connectivity index (χ3v) is 4.13. The van der Waals surface area contributed by atoms with Crippen molar-refractivity contribution in [1.82, 2.24) is 24.4 Å². The SMILES string of the molecule is CC(C)CCn1ncc(C(=O)Nc2nnc3ccccn23)c1C(C)C. The zero-order chi connectivity index (χ0) is 18.0. The maximum absolute atomic E-state index is 12.8. The maximum Gasteiger partial charge on any atom is 0.261 e. The largest absolute Gasteiger partial charge is 0.290 e. The molecule has 7 heteroatoms. The van der Waals surface area contributed by atoms with E-state index < -0.39 is 0 Å². The Bertz CT molecular complexity index is 877. The summed E-state index contributed by atoms with van der Waals surface area (Å²) in [4.78, 5) is 12.8. The van der Waals surface area contributed by atoms with Crippen molar-refractivity contribution >= 4 is 17.5 Å². The normalized spacial score (nSPS) is 11.6. The van der Waals surface area contributed by atoms with Crippen LogP contribution in [-0.2, 0) is 6.54 Å². The van der Waals surface area contributed by atoms with Gasteiger partial charge in [-0.2, -0.15) is 5.10 Å². The average molecular weight is 340 g/mol. The summed E-state index contributed by atoms with van der Waals surface area (Å²) in [6.07, 6.45) is 4.49. The van der Waals surface area contributed by atoms with Crippen LogP contribution >= 0.6 is 0 Å². The van der Waals surface area contributed by atoms with Gasteiger partial charge in [-0.15, -0.1) is 10.2 Å². The molecule has 0 saturated carbocycles. The van der Waals surface area contributed by atoms with Crippen molar-refractivity contribution < 1.29 is 4.79 Å². The highest BCUT2D eigenvalue weighted by molar-refractivity contribution is 6.04. The van der Waals surface area contributed by atoms with Crippen molar-refractivity contribution in [3.63, 3.8) is 0 Å². The number of aryl methyl sites for hydroxylation is 1. The van der Waals surface area contributed by atoms with E-state index in [1.165, 1.54) is 0 Å². The summed E-state index contributed by atoms with van der Waals surface area (Å²) in [7, 11) is 0. The van der Waals surface area contributed by atoms with Gasteiger partial charge in [0.05, 0.1) is 17.5 Å². The molecule has 0 aliphatic rings. The minimum absolute atomic E-state index is 0.200. The average Bonchev–Trinajstić information content (AvgIpc) is 3.17. The zero-order valence-corrected chi connectivity index (χ0v) is 15.1. The number of amides is 1. The molecule has 0 aliphatic heterocycles. The Labute approximate surface area is 147 Å². The predicted molar refractivity (Wildman–Crippen MR) is 96.7 cm³/mol. The smallest absolute Gasteiger partial charge is 0.261 e. The lowest BCUT2D eigenvalue weighted by Crippen LogP contribution is -2.17. The van der Waals surface area contributed by atoms with Gasteiger partial charge in [0.15, 0.2) is 5.65 Å². The Morgan fingerprint density at radius 1 is 1.20 bits per heavy atom. The summed E-state index contributed by atoms with van der Waals surface area (Å²) in [5, 5.41) is 15.4. The number of carbonyl (C=O) groups is 1. The Kier molecular flexibility index (Phi) is 4.83. The molecule has 0 spiro atoms. The number of rotatable bonds is 6. The first-order valence-electron chi connectivity index (χ1n) is 8.64. The molecule has 0 bridgehead atoms. The molecule has 0 radical (unpaired) electrons. The summed E-state index contributed by atoms with van der Waals surface area (Å²) >= 11 is 0. The van der Waals surface area contributed by atoms with Crippen molar-refractivity contribution in [2.45, 2.75) is 46.6 Å². The van der Waals surface area contributed by atoms with Crippen LogP contribution in [-0.4, -0.2) is 30.3 Å². The molecule has 1 amide bonds. The molecule has 3 rings (SSSR count). The Morgan fingerprint density at radius 2 is 2.00 bits per heavy atom. The summed E-state index contributed by atoms with van der Waals surface area (Å²) in [5.74, 6) is 0.984. The quantitative estimate of drug-likeness (QED) is 0.746. The lowest BCUT2D eigenvalue weighted by molar-refractivity contribution is 0.102. The van der Waals surface area contributed by atoms with Crippen LogP contribution in [0.5, 0.6) is 0 Å². The van der Waals surface area contributed by atoms with E-state index in [0.29, 0.717) is 23.1 Å². The van der Waals surface area contributed by atoms with Gasteiger partial charge in [-0.1, -0.05) is 33.8 Å². The molecule has 3 heterocycles. The van der Waals surface area contributed by atoms with E-state index in [-0.39, 0.29) is 11.8 Å². The summed E-state index contributed by atoms with van der Waals surface area (Å²) in [5.41, 5.74) is 2.23. The topological polar surface area (TPSA) is 77.1 Å². The van der Waals surface area contributed by atoms with Gasteiger partial charge >= 0.3 is 0 Å². The minimum atomic E-state index is -0.211. The fourth-order valence-corrected chi connectivity index (χ4v) is 2.83. The second-order valence-corrected chi connectivity index (χ2v) is 6.91. The van der Waals surface area contributed by atoms with Crippen LogP contribution < -0.4 is 5.32 Å². The summed E-state index contributed by atoms with van der Waals surface area (Å²) in [6, 6.07) is 5.59. The fraction of sp³-hybridized carbons (Fsp3) is 0.444. The van der Waals surface area contributed by atoms with Crippen LogP contribution in [0.25, 0.3) is 5.65 Å². The molecule has 0 aromatic carbocycles. The van der Waals surface area contributed by atoms with Gasteiger partial charge in [-0.3, -0.25) is 19.2 Å². The highest BCUT2D eigenvalue weighted by Gasteiger charge is 2.21. The molecule has 0 aliphatic carbocycles. The van der Waals surface area contributed by atoms with Crippen LogP contribution in [0.3, 0.4) is 0 Å². The number of fused-ring (bicyclic) bond motifs is 1. The number of hydrogen-bond donors (Lipinski definition) is 1. The second kappa shape index (κ2) is 7.04. The molecule has 0 atom stereocenters. The number of pyridine rings is 1. The molecule has 25 heavy (non-hydrogen) atoms. The monoisotopic (exact) mass is 340 g/mol.